The molecule has 0 aliphatic heterocycles. The minimum absolute atomic E-state index is 0.905. The van der Waals surface area contributed by atoms with E-state index in [1.807, 2.05) is 12.1 Å². The molecule has 0 N–H and O–H groups in total. The molecule has 1 aromatic heterocycles. The van der Waals surface area contributed by atoms with Crippen molar-refractivity contribution in [2.75, 3.05) is 0 Å². The minimum atomic E-state index is 0.905. The standard InChI is InChI=1S/C48H30O/c1-2-13-31(14-3-1)33-17-10-18-35(29-33)46-40-21-6-7-22-41(40)47(39-24-11-16-32-15-4-5-19-36(32)39)42-25-12-23-37(48(42)46)34-27-28-45-43(30-34)38-20-8-9-26-44(38)49-45/h1-30H. The highest BCUT2D eigenvalue weighted by Gasteiger charge is 2.21. The van der Waals surface area contributed by atoms with Gasteiger partial charge in [-0.2, -0.15) is 0 Å². The van der Waals surface area contributed by atoms with Crippen LogP contribution in [0.2, 0.25) is 0 Å². The Morgan fingerprint density at radius 2 is 0.878 bits per heavy atom. The number of benzene rings is 9. The first-order valence-corrected chi connectivity index (χ1v) is 16.8. The molecule has 9 aromatic carbocycles. The molecule has 49 heavy (non-hydrogen) atoms. The van der Waals surface area contributed by atoms with Crippen LogP contribution in [0, 0.1) is 0 Å². The van der Waals surface area contributed by atoms with E-state index in [4.69, 9.17) is 4.42 Å². The molecule has 10 aromatic rings. The molecule has 0 aliphatic rings. The predicted octanol–water partition coefficient (Wildman–Crippen LogP) is 13.7. The van der Waals surface area contributed by atoms with Crippen LogP contribution in [0.25, 0.3) is 98.8 Å². The van der Waals surface area contributed by atoms with E-state index in [1.54, 1.807) is 0 Å². The lowest BCUT2D eigenvalue weighted by molar-refractivity contribution is 0.669. The van der Waals surface area contributed by atoms with Gasteiger partial charge < -0.3 is 4.42 Å². The zero-order valence-corrected chi connectivity index (χ0v) is 26.7. The first-order chi connectivity index (χ1) is 24.3. The van der Waals surface area contributed by atoms with Crippen molar-refractivity contribution in [1.29, 1.82) is 0 Å². The highest BCUT2D eigenvalue weighted by Crippen LogP contribution is 2.49. The van der Waals surface area contributed by atoms with Gasteiger partial charge in [0.1, 0.15) is 11.2 Å². The van der Waals surface area contributed by atoms with Crippen molar-refractivity contribution in [2.45, 2.75) is 0 Å². The maximum absolute atomic E-state index is 6.25. The third kappa shape index (κ3) is 4.40. The van der Waals surface area contributed by atoms with Crippen molar-refractivity contribution in [1.82, 2.24) is 0 Å². The fourth-order valence-corrected chi connectivity index (χ4v) is 7.88. The van der Waals surface area contributed by atoms with E-state index in [2.05, 4.69) is 170 Å². The molecule has 0 amide bonds. The van der Waals surface area contributed by atoms with Gasteiger partial charge in [-0.3, -0.25) is 0 Å². The zero-order chi connectivity index (χ0) is 32.3. The molecular weight excluding hydrogens is 593 g/mol. The monoisotopic (exact) mass is 622 g/mol. The van der Waals surface area contributed by atoms with Gasteiger partial charge in [-0.25, -0.2) is 0 Å². The Balaban J connectivity index is 1.36. The lowest BCUT2D eigenvalue weighted by Crippen LogP contribution is -1.94. The van der Waals surface area contributed by atoms with Crippen LogP contribution in [0.5, 0.6) is 0 Å². The summed E-state index contributed by atoms with van der Waals surface area (Å²) < 4.78 is 6.25. The molecule has 0 aliphatic carbocycles. The number of para-hydroxylation sites is 1. The van der Waals surface area contributed by atoms with Crippen molar-refractivity contribution in [3.63, 3.8) is 0 Å². The maximum Gasteiger partial charge on any atom is 0.135 e. The van der Waals surface area contributed by atoms with Crippen LogP contribution in [-0.4, -0.2) is 0 Å². The topological polar surface area (TPSA) is 13.1 Å². The molecule has 1 heterocycles. The highest BCUT2D eigenvalue weighted by molar-refractivity contribution is 6.26. The van der Waals surface area contributed by atoms with Gasteiger partial charge >= 0.3 is 0 Å². The number of hydrogen-bond acceptors (Lipinski definition) is 1. The third-order valence-corrected chi connectivity index (χ3v) is 10.1. The Morgan fingerprint density at radius 3 is 1.76 bits per heavy atom. The third-order valence-electron chi connectivity index (χ3n) is 10.1. The molecular formula is C48H30O. The maximum atomic E-state index is 6.25. The molecule has 1 nitrogen and oxygen atoms in total. The molecule has 0 spiro atoms. The number of furan rings is 1. The van der Waals surface area contributed by atoms with E-state index in [1.165, 1.54) is 76.8 Å². The van der Waals surface area contributed by atoms with E-state index in [0.29, 0.717) is 0 Å². The molecule has 0 saturated heterocycles. The van der Waals surface area contributed by atoms with Crippen molar-refractivity contribution in [2.24, 2.45) is 0 Å². The summed E-state index contributed by atoms with van der Waals surface area (Å²) in [5.41, 5.74) is 11.6. The van der Waals surface area contributed by atoms with Gasteiger partial charge in [-0.05, 0) is 101 Å². The fraction of sp³-hybridized carbons (Fsp3) is 0. The summed E-state index contributed by atoms with van der Waals surface area (Å²) in [6.07, 6.45) is 0. The van der Waals surface area contributed by atoms with Gasteiger partial charge in [-0.1, -0.05) is 158 Å². The summed E-state index contributed by atoms with van der Waals surface area (Å²) in [6.45, 7) is 0. The SMILES string of the molecule is c1ccc(-c2cccc(-c3c4ccccc4c(-c4cccc5ccccc45)c4cccc(-c5ccc6oc7ccccc7c6c5)c34)c2)cc1. The smallest absolute Gasteiger partial charge is 0.135 e. The van der Waals surface area contributed by atoms with Crippen LogP contribution in [0.4, 0.5) is 0 Å². The molecule has 0 bridgehead atoms. The fourth-order valence-electron chi connectivity index (χ4n) is 7.88. The summed E-state index contributed by atoms with van der Waals surface area (Å²) in [5.74, 6) is 0. The number of hydrogen-bond donors (Lipinski definition) is 0. The van der Waals surface area contributed by atoms with Gasteiger partial charge in [0, 0.05) is 10.8 Å². The van der Waals surface area contributed by atoms with E-state index in [-0.39, 0.29) is 0 Å². The predicted molar refractivity (Wildman–Crippen MR) is 208 cm³/mol. The lowest BCUT2D eigenvalue weighted by atomic mass is 9.81. The second-order valence-corrected chi connectivity index (χ2v) is 12.8. The molecule has 0 atom stereocenters. The summed E-state index contributed by atoms with van der Waals surface area (Å²) in [5, 5.41) is 9.75. The molecule has 10 rings (SSSR count). The number of rotatable bonds is 4. The minimum Gasteiger partial charge on any atom is -0.456 e. The lowest BCUT2D eigenvalue weighted by Gasteiger charge is -2.21. The molecule has 0 saturated carbocycles. The average Bonchev–Trinajstić information content (AvgIpc) is 3.55. The largest absolute Gasteiger partial charge is 0.456 e. The van der Waals surface area contributed by atoms with Crippen LogP contribution in [0.15, 0.2) is 186 Å². The van der Waals surface area contributed by atoms with E-state index in [0.717, 1.165) is 21.9 Å². The van der Waals surface area contributed by atoms with Crippen LogP contribution >= 0.6 is 0 Å². The Morgan fingerprint density at radius 1 is 0.286 bits per heavy atom. The first kappa shape index (κ1) is 27.7. The van der Waals surface area contributed by atoms with Gasteiger partial charge in [0.2, 0.25) is 0 Å². The average molecular weight is 623 g/mol. The Kier molecular flexibility index (Phi) is 6.25. The van der Waals surface area contributed by atoms with Crippen LogP contribution in [0.1, 0.15) is 0 Å². The molecule has 0 fully saturated rings. The molecule has 1 heteroatoms. The van der Waals surface area contributed by atoms with Crippen LogP contribution in [-0.2, 0) is 0 Å². The van der Waals surface area contributed by atoms with Crippen LogP contribution in [0.3, 0.4) is 0 Å². The van der Waals surface area contributed by atoms with Crippen molar-refractivity contribution in [3.8, 4) is 44.5 Å². The van der Waals surface area contributed by atoms with Crippen LogP contribution < -0.4 is 0 Å². The van der Waals surface area contributed by atoms with Crippen molar-refractivity contribution < 1.29 is 4.42 Å². The second kappa shape index (κ2) is 11.1. The van der Waals surface area contributed by atoms with E-state index < -0.39 is 0 Å². The number of fused-ring (bicyclic) bond motifs is 6. The van der Waals surface area contributed by atoms with Gasteiger partial charge in [0.15, 0.2) is 0 Å². The zero-order valence-electron chi connectivity index (χ0n) is 26.7. The summed E-state index contributed by atoms with van der Waals surface area (Å²) >= 11 is 0. The molecule has 0 radical (unpaired) electrons. The summed E-state index contributed by atoms with van der Waals surface area (Å²) in [4.78, 5) is 0. The Labute approximate surface area is 284 Å². The van der Waals surface area contributed by atoms with Gasteiger partial charge in [-0.15, -0.1) is 0 Å². The quantitative estimate of drug-likeness (QED) is 0.178. The van der Waals surface area contributed by atoms with Gasteiger partial charge in [0.05, 0.1) is 0 Å². The summed E-state index contributed by atoms with van der Waals surface area (Å²) in [6, 6.07) is 65.9. The van der Waals surface area contributed by atoms with Crippen molar-refractivity contribution in [3.05, 3.63) is 182 Å². The molecule has 228 valence electrons. The van der Waals surface area contributed by atoms with Gasteiger partial charge in [0.25, 0.3) is 0 Å². The normalized spacial score (nSPS) is 11.7. The molecule has 0 unspecified atom stereocenters. The van der Waals surface area contributed by atoms with E-state index in [9.17, 15) is 0 Å². The highest BCUT2D eigenvalue weighted by atomic mass is 16.3. The summed E-state index contributed by atoms with van der Waals surface area (Å²) in [7, 11) is 0. The Bertz CT molecular complexity index is 2870. The second-order valence-electron chi connectivity index (χ2n) is 12.8. The van der Waals surface area contributed by atoms with E-state index >= 15 is 0 Å². The Hall–Kier alpha value is -6.44. The first-order valence-electron chi connectivity index (χ1n) is 16.8. The van der Waals surface area contributed by atoms with Crippen molar-refractivity contribution >= 4 is 54.3 Å².